The smallest absolute Gasteiger partial charge is 0.100 e. The lowest BCUT2D eigenvalue weighted by Gasteiger charge is -2.16. The Morgan fingerprint density at radius 2 is 1.96 bits per heavy atom. The van der Waals surface area contributed by atoms with E-state index in [0.717, 1.165) is 47.0 Å². The molecule has 5 heteroatoms. The van der Waals surface area contributed by atoms with Crippen molar-refractivity contribution in [3.05, 3.63) is 59.0 Å². The molecule has 4 rings (SSSR count). The van der Waals surface area contributed by atoms with Crippen LogP contribution in [0.2, 0.25) is 5.02 Å². The van der Waals surface area contributed by atoms with Crippen molar-refractivity contribution in [2.45, 2.75) is 20.0 Å². The molecule has 0 atom stereocenters. The standard InChI is InChI=1S/C18H17ClN4/c1-12-10-14(2-3-15(12)19)18-17(13-4-6-20-7-5-13)16-11-21-8-9-23(16)22-18/h2-7,10,21H,8-9,11H2,1H3. The van der Waals surface area contributed by atoms with E-state index in [9.17, 15) is 0 Å². The summed E-state index contributed by atoms with van der Waals surface area (Å²) in [5, 5.41) is 9.10. The fraction of sp³-hybridized carbons (Fsp3) is 0.222. The Balaban J connectivity index is 1.95. The average molecular weight is 325 g/mol. The Kier molecular flexibility index (Phi) is 3.63. The molecular weight excluding hydrogens is 308 g/mol. The van der Waals surface area contributed by atoms with E-state index in [4.69, 9.17) is 16.7 Å². The van der Waals surface area contributed by atoms with Gasteiger partial charge in [0.2, 0.25) is 0 Å². The molecule has 0 spiro atoms. The molecule has 23 heavy (non-hydrogen) atoms. The van der Waals surface area contributed by atoms with Crippen LogP contribution in [0.1, 0.15) is 11.3 Å². The molecular formula is C18H17ClN4. The number of pyridine rings is 1. The lowest BCUT2D eigenvalue weighted by Crippen LogP contribution is -2.28. The van der Waals surface area contributed by atoms with E-state index in [1.165, 1.54) is 11.3 Å². The van der Waals surface area contributed by atoms with E-state index in [1.54, 1.807) is 0 Å². The van der Waals surface area contributed by atoms with Gasteiger partial charge in [-0.05, 0) is 42.3 Å². The van der Waals surface area contributed by atoms with Gasteiger partial charge in [-0.2, -0.15) is 5.10 Å². The van der Waals surface area contributed by atoms with Gasteiger partial charge >= 0.3 is 0 Å². The Morgan fingerprint density at radius 3 is 2.74 bits per heavy atom. The van der Waals surface area contributed by atoms with Crippen molar-refractivity contribution in [3.8, 4) is 22.4 Å². The second-order valence-electron chi connectivity index (χ2n) is 5.77. The van der Waals surface area contributed by atoms with E-state index in [0.29, 0.717) is 0 Å². The molecule has 3 aromatic rings. The molecule has 116 valence electrons. The van der Waals surface area contributed by atoms with E-state index in [-0.39, 0.29) is 0 Å². The van der Waals surface area contributed by atoms with Crippen LogP contribution in [-0.4, -0.2) is 21.3 Å². The van der Waals surface area contributed by atoms with Gasteiger partial charge in [0.25, 0.3) is 0 Å². The molecule has 1 aliphatic heterocycles. The Bertz CT molecular complexity index is 855. The van der Waals surface area contributed by atoms with Crippen molar-refractivity contribution in [1.82, 2.24) is 20.1 Å². The molecule has 0 amide bonds. The summed E-state index contributed by atoms with van der Waals surface area (Å²) in [5.41, 5.74) is 6.73. The minimum absolute atomic E-state index is 0.782. The van der Waals surface area contributed by atoms with Gasteiger partial charge in [0.05, 0.1) is 12.2 Å². The van der Waals surface area contributed by atoms with Crippen molar-refractivity contribution < 1.29 is 0 Å². The van der Waals surface area contributed by atoms with Gasteiger partial charge < -0.3 is 5.32 Å². The fourth-order valence-corrected chi connectivity index (χ4v) is 3.19. The number of fused-ring (bicyclic) bond motifs is 1. The van der Waals surface area contributed by atoms with E-state index in [2.05, 4.69) is 21.0 Å². The molecule has 2 aromatic heterocycles. The number of nitrogens with one attached hydrogen (secondary N) is 1. The molecule has 0 radical (unpaired) electrons. The molecule has 0 saturated heterocycles. The van der Waals surface area contributed by atoms with E-state index < -0.39 is 0 Å². The number of rotatable bonds is 2. The van der Waals surface area contributed by atoms with Crippen LogP contribution in [0.15, 0.2) is 42.7 Å². The monoisotopic (exact) mass is 324 g/mol. The number of aromatic nitrogens is 3. The van der Waals surface area contributed by atoms with Crippen LogP contribution >= 0.6 is 11.6 Å². The summed E-state index contributed by atoms with van der Waals surface area (Å²) < 4.78 is 2.12. The van der Waals surface area contributed by atoms with Crippen LogP contribution in [0.3, 0.4) is 0 Å². The predicted molar refractivity (Wildman–Crippen MR) is 92.3 cm³/mol. The molecule has 1 aliphatic rings. The van der Waals surface area contributed by atoms with Crippen LogP contribution in [0.4, 0.5) is 0 Å². The van der Waals surface area contributed by atoms with E-state index >= 15 is 0 Å². The minimum Gasteiger partial charge on any atom is -0.309 e. The third kappa shape index (κ3) is 2.54. The van der Waals surface area contributed by atoms with E-state index in [1.807, 2.05) is 43.6 Å². The average Bonchev–Trinajstić information content (AvgIpc) is 2.97. The molecule has 3 heterocycles. The Labute approximate surface area is 140 Å². The van der Waals surface area contributed by atoms with Crippen LogP contribution < -0.4 is 5.32 Å². The highest BCUT2D eigenvalue weighted by Gasteiger charge is 2.22. The van der Waals surface area contributed by atoms with Crippen LogP contribution in [0, 0.1) is 6.92 Å². The first-order valence-electron chi connectivity index (χ1n) is 7.71. The number of nitrogens with zero attached hydrogens (tertiary/aromatic N) is 3. The van der Waals surface area contributed by atoms with Gasteiger partial charge in [0, 0.05) is 41.6 Å². The molecule has 1 aromatic carbocycles. The molecule has 0 bridgehead atoms. The SMILES string of the molecule is Cc1cc(-c2nn3c(c2-c2ccncc2)CNCC3)ccc1Cl. The third-order valence-electron chi connectivity index (χ3n) is 4.25. The van der Waals surface area contributed by atoms with Crippen molar-refractivity contribution in [2.24, 2.45) is 0 Å². The summed E-state index contributed by atoms with van der Waals surface area (Å²) >= 11 is 6.18. The first kappa shape index (κ1) is 14.4. The fourth-order valence-electron chi connectivity index (χ4n) is 3.07. The zero-order chi connectivity index (χ0) is 15.8. The zero-order valence-corrected chi connectivity index (χ0v) is 13.6. The highest BCUT2D eigenvalue weighted by atomic mass is 35.5. The van der Waals surface area contributed by atoms with Gasteiger partial charge in [-0.3, -0.25) is 9.67 Å². The van der Waals surface area contributed by atoms with Crippen molar-refractivity contribution in [2.75, 3.05) is 6.54 Å². The topological polar surface area (TPSA) is 42.7 Å². The highest BCUT2D eigenvalue weighted by Crippen LogP contribution is 2.36. The number of hydrogen-bond acceptors (Lipinski definition) is 3. The zero-order valence-electron chi connectivity index (χ0n) is 12.9. The largest absolute Gasteiger partial charge is 0.309 e. The number of benzene rings is 1. The maximum atomic E-state index is 6.18. The maximum Gasteiger partial charge on any atom is 0.100 e. The molecule has 0 saturated carbocycles. The van der Waals surface area contributed by atoms with Gasteiger partial charge in [-0.1, -0.05) is 17.7 Å². The summed E-state index contributed by atoms with van der Waals surface area (Å²) in [6.07, 6.45) is 3.65. The van der Waals surface area contributed by atoms with Gasteiger partial charge in [0.15, 0.2) is 0 Å². The first-order valence-corrected chi connectivity index (χ1v) is 8.09. The number of halogens is 1. The molecule has 0 unspecified atom stereocenters. The normalized spacial score (nSPS) is 13.8. The number of hydrogen-bond donors (Lipinski definition) is 1. The van der Waals surface area contributed by atoms with Gasteiger partial charge in [-0.25, -0.2) is 0 Å². The van der Waals surface area contributed by atoms with Crippen molar-refractivity contribution in [3.63, 3.8) is 0 Å². The van der Waals surface area contributed by atoms with Crippen molar-refractivity contribution >= 4 is 11.6 Å². The lowest BCUT2D eigenvalue weighted by molar-refractivity contribution is 0.477. The predicted octanol–water partition coefficient (Wildman–Crippen LogP) is 3.68. The first-order chi connectivity index (χ1) is 11.2. The summed E-state index contributed by atoms with van der Waals surface area (Å²) in [4.78, 5) is 4.14. The third-order valence-corrected chi connectivity index (χ3v) is 4.67. The summed E-state index contributed by atoms with van der Waals surface area (Å²) in [7, 11) is 0. The van der Waals surface area contributed by atoms with Crippen LogP contribution in [0.25, 0.3) is 22.4 Å². The highest BCUT2D eigenvalue weighted by molar-refractivity contribution is 6.31. The summed E-state index contributed by atoms with van der Waals surface area (Å²) in [5.74, 6) is 0. The van der Waals surface area contributed by atoms with Crippen molar-refractivity contribution in [1.29, 1.82) is 0 Å². The number of aryl methyl sites for hydroxylation is 1. The maximum absolute atomic E-state index is 6.18. The quantitative estimate of drug-likeness (QED) is 0.782. The minimum atomic E-state index is 0.782. The molecule has 0 aliphatic carbocycles. The summed E-state index contributed by atoms with van der Waals surface area (Å²) in [6.45, 7) is 4.69. The Hall–Kier alpha value is -2.17. The molecule has 4 nitrogen and oxygen atoms in total. The van der Waals surface area contributed by atoms with Gasteiger partial charge in [0.1, 0.15) is 5.69 Å². The summed E-state index contributed by atoms with van der Waals surface area (Å²) in [6, 6.07) is 10.2. The van der Waals surface area contributed by atoms with Crippen LogP contribution in [-0.2, 0) is 13.1 Å². The second kappa shape index (κ2) is 5.80. The molecule has 1 N–H and O–H groups in total. The van der Waals surface area contributed by atoms with Crippen LogP contribution in [0.5, 0.6) is 0 Å². The lowest BCUT2D eigenvalue weighted by atomic mass is 9.98. The Morgan fingerprint density at radius 1 is 1.13 bits per heavy atom. The molecule has 0 fully saturated rings. The van der Waals surface area contributed by atoms with Gasteiger partial charge in [-0.15, -0.1) is 0 Å². The second-order valence-corrected chi connectivity index (χ2v) is 6.18.